The van der Waals surface area contributed by atoms with E-state index < -0.39 is 0 Å². The second kappa shape index (κ2) is 4.55. The first-order chi connectivity index (χ1) is 8.78. The van der Waals surface area contributed by atoms with E-state index in [1.54, 1.807) is 22.6 Å². The van der Waals surface area contributed by atoms with Crippen LogP contribution in [0.25, 0.3) is 10.8 Å². The Bertz CT molecular complexity index is 543. The third kappa shape index (κ3) is 1.93. The fourth-order valence-electron chi connectivity index (χ4n) is 1.90. The van der Waals surface area contributed by atoms with E-state index in [-0.39, 0.29) is 18.4 Å². The monoisotopic (exact) mass is 264 g/mol. The van der Waals surface area contributed by atoms with E-state index in [4.69, 9.17) is 9.52 Å². The summed E-state index contributed by atoms with van der Waals surface area (Å²) in [4.78, 5) is 18.0. The van der Waals surface area contributed by atoms with Crippen molar-refractivity contribution in [2.75, 3.05) is 19.7 Å². The molecule has 1 aliphatic heterocycles. The summed E-state index contributed by atoms with van der Waals surface area (Å²) >= 11 is 1.39. The number of aliphatic hydroxyl groups excluding tert-OH is 1. The van der Waals surface area contributed by atoms with Gasteiger partial charge < -0.3 is 14.4 Å². The van der Waals surface area contributed by atoms with Gasteiger partial charge in [-0.05, 0) is 12.1 Å². The molecule has 18 heavy (non-hydrogen) atoms. The van der Waals surface area contributed by atoms with Crippen molar-refractivity contribution in [2.24, 2.45) is 5.92 Å². The van der Waals surface area contributed by atoms with E-state index in [2.05, 4.69) is 4.98 Å². The minimum atomic E-state index is -0.0752. The van der Waals surface area contributed by atoms with E-state index in [1.807, 2.05) is 6.07 Å². The number of aliphatic hydroxyl groups is 1. The first-order valence-corrected chi connectivity index (χ1v) is 6.55. The maximum absolute atomic E-state index is 12.0. The standard InChI is InChI=1S/C12H12N2O3S/c15-6-8-4-14(5-8)12(16)9-7-18-11(13-9)10-2-1-3-17-10/h1-3,7-8,15H,4-6H2. The SMILES string of the molecule is O=C(c1csc(-c2ccco2)n1)N1CC(CO)C1. The Morgan fingerprint density at radius 2 is 2.44 bits per heavy atom. The van der Waals surface area contributed by atoms with Crippen LogP contribution in [0, 0.1) is 5.92 Å². The molecule has 0 bridgehead atoms. The number of nitrogens with zero attached hydrogens (tertiary/aromatic N) is 2. The molecule has 0 spiro atoms. The molecule has 0 aliphatic carbocycles. The molecule has 0 radical (unpaired) electrons. The summed E-state index contributed by atoms with van der Waals surface area (Å²) in [7, 11) is 0. The Labute approximate surface area is 108 Å². The first kappa shape index (κ1) is 11.4. The third-order valence-electron chi connectivity index (χ3n) is 2.96. The summed E-state index contributed by atoms with van der Waals surface area (Å²) in [6.07, 6.45) is 1.58. The molecule has 0 unspecified atom stereocenters. The normalized spacial score (nSPS) is 15.7. The van der Waals surface area contributed by atoms with Crippen LogP contribution < -0.4 is 0 Å². The molecule has 0 saturated carbocycles. The lowest BCUT2D eigenvalue weighted by atomic mass is 10.0. The molecule has 6 heteroatoms. The van der Waals surface area contributed by atoms with Gasteiger partial charge in [0.25, 0.3) is 5.91 Å². The van der Waals surface area contributed by atoms with Crippen molar-refractivity contribution in [3.8, 4) is 10.8 Å². The number of rotatable bonds is 3. The van der Waals surface area contributed by atoms with E-state index in [9.17, 15) is 4.79 Å². The Morgan fingerprint density at radius 1 is 1.61 bits per heavy atom. The molecule has 0 atom stereocenters. The van der Waals surface area contributed by atoms with Gasteiger partial charge in [0, 0.05) is 31.0 Å². The van der Waals surface area contributed by atoms with Crippen molar-refractivity contribution >= 4 is 17.2 Å². The highest BCUT2D eigenvalue weighted by Gasteiger charge is 2.31. The smallest absolute Gasteiger partial charge is 0.273 e. The number of carbonyl (C=O) groups excluding carboxylic acids is 1. The molecule has 94 valence electrons. The van der Waals surface area contributed by atoms with Gasteiger partial charge in [0.15, 0.2) is 10.8 Å². The summed E-state index contributed by atoms with van der Waals surface area (Å²) in [5.41, 5.74) is 0.447. The minimum absolute atomic E-state index is 0.0752. The molecule has 5 nitrogen and oxygen atoms in total. The number of amides is 1. The summed E-state index contributed by atoms with van der Waals surface area (Å²) in [6, 6.07) is 3.61. The molecular weight excluding hydrogens is 252 g/mol. The van der Waals surface area contributed by atoms with Crippen LogP contribution in [0.1, 0.15) is 10.5 Å². The Balaban J connectivity index is 1.72. The van der Waals surface area contributed by atoms with Gasteiger partial charge in [0.2, 0.25) is 0 Å². The van der Waals surface area contributed by atoms with Crippen LogP contribution >= 0.6 is 11.3 Å². The number of hydrogen-bond donors (Lipinski definition) is 1. The lowest BCUT2D eigenvalue weighted by Crippen LogP contribution is -2.51. The maximum atomic E-state index is 12.0. The van der Waals surface area contributed by atoms with Crippen LogP contribution in [0.5, 0.6) is 0 Å². The van der Waals surface area contributed by atoms with Crippen molar-refractivity contribution in [3.05, 3.63) is 29.5 Å². The molecule has 1 saturated heterocycles. The second-order valence-corrected chi connectivity index (χ2v) is 5.13. The molecule has 3 rings (SSSR count). The van der Waals surface area contributed by atoms with Crippen molar-refractivity contribution in [3.63, 3.8) is 0 Å². The van der Waals surface area contributed by atoms with E-state index >= 15 is 0 Å². The van der Waals surface area contributed by atoms with E-state index in [0.717, 1.165) is 0 Å². The van der Waals surface area contributed by atoms with Gasteiger partial charge in [-0.2, -0.15) is 0 Å². The highest BCUT2D eigenvalue weighted by Crippen LogP contribution is 2.25. The van der Waals surface area contributed by atoms with Crippen LogP contribution in [0.15, 0.2) is 28.2 Å². The summed E-state index contributed by atoms with van der Waals surface area (Å²) in [5, 5.41) is 11.4. The average Bonchev–Trinajstić information content (AvgIpc) is 2.98. The fourth-order valence-corrected chi connectivity index (χ4v) is 2.66. The summed E-state index contributed by atoms with van der Waals surface area (Å²) in [5.74, 6) is 0.821. The Kier molecular flexibility index (Phi) is 2.89. The average molecular weight is 264 g/mol. The molecular formula is C12H12N2O3S. The van der Waals surface area contributed by atoms with Gasteiger partial charge in [-0.3, -0.25) is 4.79 Å². The van der Waals surface area contributed by atoms with E-state index in [1.165, 1.54) is 11.3 Å². The van der Waals surface area contributed by atoms with Crippen molar-refractivity contribution in [1.29, 1.82) is 0 Å². The molecule has 2 aromatic rings. The van der Waals surface area contributed by atoms with Crippen molar-refractivity contribution in [2.45, 2.75) is 0 Å². The maximum Gasteiger partial charge on any atom is 0.273 e. The van der Waals surface area contributed by atoms with Gasteiger partial charge in [-0.25, -0.2) is 4.98 Å². The molecule has 1 fully saturated rings. The van der Waals surface area contributed by atoms with Gasteiger partial charge in [0.05, 0.1) is 6.26 Å². The Morgan fingerprint density at radius 3 is 3.11 bits per heavy atom. The lowest BCUT2D eigenvalue weighted by molar-refractivity contribution is 0.0357. The molecule has 3 heterocycles. The lowest BCUT2D eigenvalue weighted by Gasteiger charge is -2.37. The predicted octanol–water partition coefficient (Wildman–Crippen LogP) is 1.47. The first-order valence-electron chi connectivity index (χ1n) is 5.67. The largest absolute Gasteiger partial charge is 0.462 e. The zero-order chi connectivity index (χ0) is 12.5. The quantitative estimate of drug-likeness (QED) is 0.911. The molecule has 1 amide bonds. The highest BCUT2D eigenvalue weighted by molar-refractivity contribution is 7.13. The summed E-state index contributed by atoms with van der Waals surface area (Å²) < 4.78 is 5.24. The van der Waals surface area contributed by atoms with Crippen molar-refractivity contribution in [1.82, 2.24) is 9.88 Å². The molecule has 1 N–H and O–H groups in total. The topological polar surface area (TPSA) is 66.6 Å². The predicted molar refractivity (Wildman–Crippen MR) is 66.3 cm³/mol. The molecule has 2 aromatic heterocycles. The minimum Gasteiger partial charge on any atom is -0.462 e. The Hall–Kier alpha value is -1.66. The fraction of sp³-hybridized carbons (Fsp3) is 0.333. The van der Waals surface area contributed by atoms with Crippen LogP contribution in [0.2, 0.25) is 0 Å². The van der Waals surface area contributed by atoms with Crippen LogP contribution in [-0.2, 0) is 0 Å². The number of hydrogen-bond acceptors (Lipinski definition) is 5. The highest BCUT2D eigenvalue weighted by atomic mass is 32.1. The van der Waals surface area contributed by atoms with E-state index in [0.29, 0.717) is 29.6 Å². The van der Waals surface area contributed by atoms with Crippen molar-refractivity contribution < 1.29 is 14.3 Å². The molecule has 0 aromatic carbocycles. The van der Waals surface area contributed by atoms with Gasteiger partial charge in [0.1, 0.15) is 5.69 Å². The van der Waals surface area contributed by atoms with Crippen LogP contribution in [-0.4, -0.2) is 40.6 Å². The summed E-state index contributed by atoms with van der Waals surface area (Å²) in [6.45, 7) is 1.37. The number of furan rings is 1. The number of aromatic nitrogens is 1. The molecule has 1 aliphatic rings. The number of thiazole rings is 1. The zero-order valence-electron chi connectivity index (χ0n) is 9.57. The number of likely N-dealkylation sites (tertiary alicyclic amines) is 1. The second-order valence-electron chi connectivity index (χ2n) is 4.27. The van der Waals surface area contributed by atoms with Gasteiger partial charge in [-0.15, -0.1) is 11.3 Å². The zero-order valence-corrected chi connectivity index (χ0v) is 10.4. The van der Waals surface area contributed by atoms with Gasteiger partial charge >= 0.3 is 0 Å². The number of carbonyl (C=O) groups is 1. The van der Waals surface area contributed by atoms with Crippen LogP contribution in [0.3, 0.4) is 0 Å². The van der Waals surface area contributed by atoms with Crippen LogP contribution in [0.4, 0.5) is 0 Å². The van der Waals surface area contributed by atoms with Gasteiger partial charge in [-0.1, -0.05) is 0 Å². The third-order valence-corrected chi connectivity index (χ3v) is 3.81.